The Morgan fingerprint density at radius 2 is 2.10 bits per heavy atom. The predicted octanol–water partition coefficient (Wildman–Crippen LogP) is 3.23. The number of carbonyl (C=O) groups excluding carboxylic acids is 1. The number of hydrazone groups is 1. The number of hydrogen-bond donors (Lipinski definition) is 1. The zero-order valence-corrected chi connectivity index (χ0v) is 12.7. The zero-order valence-electron chi connectivity index (χ0n) is 12.7. The Kier molecular flexibility index (Phi) is 5.62. The van der Waals surface area contributed by atoms with Gasteiger partial charge in [0.2, 0.25) is 0 Å². The van der Waals surface area contributed by atoms with Crippen molar-refractivity contribution in [3.05, 3.63) is 34.4 Å². The van der Waals surface area contributed by atoms with Gasteiger partial charge in [-0.1, -0.05) is 31.4 Å². The van der Waals surface area contributed by atoms with E-state index in [1.807, 2.05) is 13.1 Å². The minimum absolute atomic E-state index is 0.235. The smallest absolute Gasteiger partial charge is 0.272 e. The number of nitrogens with zero attached hydrogens (tertiary/aromatic N) is 1. The van der Waals surface area contributed by atoms with Crippen molar-refractivity contribution >= 4 is 12.1 Å². The second kappa shape index (κ2) is 7.68. The maximum absolute atomic E-state index is 12.1. The third kappa shape index (κ3) is 4.22. The van der Waals surface area contributed by atoms with Gasteiger partial charge in [-0.2, -0.15) is 5.10 Å². The largest absolute Gasteiger partial charge is 0.488 e. The van der Waals surface area contributed by atoms with E-state index in [4.69, 9.17) is 4.74 Å². The number of amides is 1. The molecule has 1 fully saturated rings. The first kappa shape index (κ1) is 15.4. The molecular formula is C17H22N2O2. The van der Waals surface area contributed by atoms with Crippen LogP contribution in [0.15, 0.2) is 39.5 Å². The SMILES string of the molecule is COC1=C=C=CC(C(=O)N/N=C/C2CCCCCC2)=C1C. The lowest BCUT2D eigenvalue weighted by molar-refractivity contribution is -0.117. The minimum Gasteiger partial charge on any atom is -0.488 e. The van der Waals surface area contributed by atoms with E-state index in [0.717, 1.165) is 5.57 Å². The van der Waals surface area contributed by atoms with E-state index in [0.29, 0.717) is 17.3 Å². The van der Waals surface area contributed by atoms with Crippen LogP contribution in [0.1, 0.15) is 45.4 Å². The van der Waals surface area contributed by atoms with Crippen molar-refractivity contribution < 1.29 is 9.53 Å². The van der Waals surface area contributed by atoms with Crippen LogP contribution in [0.2, 0.25) is 0 Å². The molecule has 2 aliphatic carbocycles. The highest BCUT2D eigenvalue weighted by atomic mass is 16.5. The molecule has 0 saturated heterocycles. The number of carbonyl (C=O) groups is 1. The Balaban J connectivity index is 1.93. The van der Waals surface area contributed by atoms with Crippen molar-refractivity contribution in [2.24, 2.45) is 11.0 Å². The van der Waals surface area contributed by atoms with E-state index < -0.39 is 0 Å². The highest BCUT2D eigenvalue weighted by molar-refractivity contribution is 5.97. The summed E-state index contributed by atoms with van der Waals surface area (Å²) in [5.74, 6) is 0.787. The first-order chi connectivity index (χ1) is 10.2. The highest BCUT2D eigenvalue weighted by Crippen LogP contribution is 2.21. The molecular weight excluding hydrogens is 264 g/mol. The van der Waals surface area contributed by atoms with Crippen LogP contribution in [0.5, 0.6) is 0 Å². The molecule has 0 spiro atoms. The number of nitrogens with one attached hydrogen (secondary N) is 1. The van der Waals surface area contributed by atoms with Gasteiger partial charge in [0.25, 0.3) is 5.91 Å². The first-order valence-electron chi connectivity index (χ1n) is 7.53. The molecule has 21 heavy (non-hydrogen) atoms. The van der Waals surface area contributed by atoms with Crippen molar-refractivity contribution in [2.45, 2.75) is 45.4 Å². The van der Waals surface area contributed by atoms with Gasteiger partial charge < -0.3 is 4.74 Å². The zero-order chi connectivity index (χ0) is 15.1. The Labute approximate surface area is 125 Å². The Morgan fingerprint density at radius 1 is 1.38 bits per heavy atom. The Hall–Kier alpha value is -2.02. The van der Waals surface area contributed by atoms with Gasteiger partial charge in [0, 0.05) is 17.9 Å². The van der Waals surface area contributed by atoms with Gasteiger partial charge in [-0.25, -0.2) is 5.43 Å². The number of hydrogen-bond acceptors (Lipinski definition) is 3. The maximum atomic E-state index is 12.1. The quantitative estimate of drug-likeness (QED) is 0.373. The van der Waals surface area contributed by atoms with E-state index >= 15 is 0 Å². The van der Waals surface area contributed by atoms with Crippen molar-refractivity contribution in [3.63, 3.8) is 0 Å². The topological polar surface area (TPSA) is 50.7 Å². The lowest BCUT2D eigenvalue weighted by Crippen LogP contribution is -2.21. The molecule has 0 aromatic carbocycles. The monoisotopic (exact) mass is 286 g/mol. The molecule has 0 aromatic heterocycles. The average Bonchev–Trinajstić information content (AvgIpc) is 2.76. The molecule has 0 unspecified atom stereocenters. The Bertz CT molecular complexity index is 551. The molecule has 4 heteroatoms. The summed E-state index contributed by atoms with van der Waals surface area (Å²) in [4.78, 5) is 12.1. The van der Waals surface area contributed by atoms with Gasteiger partial charge in [-0.15, -0.1) is 0 Å². The molecule has 112 valence electrons. The lowest BCUT2D eigenvalue weighted by atomic mass is 10.0. The van der Waals surface area contributed by atoms with Crippen LogP contribution in [0.25, 0.3) is 0 Å². The van der Waals surface area contributed by atoms with Gasteiger partial charge in [-0.05, 0) is 31.4 Å². The fourth-order valence-electron chi connectivity index (χ4n) is 2.66. The van der Waals surface area contributed by atoms with Crippen LogP contribution >= 0.6 is 0 Å². The molecule has 1 amide bonds. The van der Waals surface area contributed by atoms with Crippen LogP contribution in [-0.4, -0.2) is 19.2 Å². The fraction of sp³-hybridized carbons (Fsp3) is 0.529. The average molecular weight is 286 g/mol. The minimum atomic E-state index is -0.235. The molecule has 2 rings (SSSR count). The number of ether oxygens (including phenoxy) is 1. The van der Waals surface area contributed by atoms with Crippen molar-refractivity contribution in [1.82, 2.24) is 5.43 Å². The number of methoxy groups -OCH3 is 1. The third-order valence-corrected chi connectivity index (χ3v) is 3.95. The predicted molar refractivity (Wildman–Crippen MR) is 82.6 cm³/mol. The van der Waals surface area contributed by atoms with Gasteiger partial charge in [0.1, 0.15) is 0 Å². The van der Waals surface area contributed by atoms with E-state index in [9.17, 15) is 4.79 Å². The molecule has 0 bridgehead atoms. The normalized spacial score (nSPS) is 19.6. The maximum Gasteiger partial charge on any atom is 0.272 e. The number of rotatable bonds is 4. The standard InChI is InChI=1S/C17H22N2O2/c1-13-15(10-7-11-16(13)21-2)17(20)19-18-12-14-8-5-3-4-6-9-14/h10,12,14H,3-6,8-9H2,1-2H3,(H,19,20)/b18-12+. The summed E-state index contributed by atoms with van der Waals surface area (Å²) in [6.45, 7) is 1.83. The molecule has 1 saturated carbocycles. The molecule has 4 nitrogen and oxygen atoms in total. The molecule has 2 aliphatic rings. The second-order valence-electron chi connectivity index (χ2n) is 5.46. The Morgan fingerprint density at radius 3 is 2.76 bits per heavy atom. The summed E-state index contributed by atoms with van der Waals surface area (Å²) >= 11 is 0. The van der Waals surface area contributed by atoms with Gasteiger partial charge in [-0.3, -0.25) is 4.79 Å². The summed E-state index contributed by atoms with van der Waals surface area (Å²) in [5.41, 5.74) is 9.48. The molecule has 1 N–H and O–H groups in total. The van der Waals surface area contributed by atoms with Gasteiger partial charge >= 0.3 is 0 Å². The fourth-order valence-corrected chi connectivity index (χ4v) is 2.66. The summed E-state index contributed by atoms with van der Waals surface area (Å²) in [5, 5.41) is 4.12. The molecule has 0 aliphatic heterocycles. The van der Waals surface area contributed by atoms with E-state index in [1.54, 1.807) is 13.2 Å². The summed E-state index contributed by atoms with van der Waals surface area (Å²) in [6, 6.07) is 0. The van der Waals surface area contributed by atoms with Crippen LogP contribution < -0.4 is 5.43 Å². The molecule has 0 heterocycles. The highest BCUT2D eigenvalue weighted by Gasteiger charge is 2.15. The van der Waals surface area contributed by atoms with Crippen molar-refractivity contribution in [1.29, 1.82) is 0 Å². The van der Waals surface area contributed by atoms with Crippen LogP contribution in [-0.2, 0) is 9.53 Å². The van der Waals surface area contributed by atoms with Crippen LogP contribution in [0, 0.1) is 5.92 Å². The second-order valence-corrected chi connectivity index (χ2v) is 5.46. The summed E-state index contributed by atoms with van der Waals surface area (Å²) < 4.78 is 5.14. The molecule has 0 atom stereocenters. The summed E-state index contributed by atoms with van der Waals surface area (Å²) in [7, 11) is 1.55. The lowest BCUT2D eigenvalue weighted by Gasteiger charge is -2.10. The molecule has 0 aromatic rings. The van der Waals surface area contributed by atoms with Gasteiger partial charge in [0.15, 0.2) is 5.76 Å². The van der Waals surface area contributed by atoms with E-state index in [2.05, 4.69) is 22.0 Å². The van der Waals surface area contributed by atoms with E-state index in [-0.39, 0.29) is 5.91 Å². The first-order valence-corrected chi connectivity index (χ1v) is 7.53. The van der Waals surface area contributed by atoms with Crippen LogP contribution in [0.4, 0.5) is 0 Å². The van der Waals surface area contributed by atoms with E-state index in [1.165, 1.54) is 38.5 Å². The van der Waals surface area contributed by atoms with Crippen molar-refractivity contribution in [2.75, 3.05) is 7.11 Å². The molecule has 0 radical (unpaired) electrons. The van der Waals surface area contributed by atoms with Crippen molar-refractivity contribution in [3.8, 4) is 0 Å². The third-order valence-electron chi connectivity index (χ3n) is 3.95. The van der Waals surface area contributed by atoms with Gasteiger partial charge in [0.05, 0.1) is 12.7 Å². The van der Waals surface area contributed by atoms with Crippen LogP contribution in [0.3, 0.4) is 0 Å². The number of allylic oxidation sites excluding steroid dienone is 1. The summed E-state index contributed by atoms with van der Waals surface area (Å²) in [6.07, 6.45) is 11.0.